The Morgan fingerprint density at radius 3 is 2.59 bits per heavy atom. The van der Waals surface area contributed by atoms with Crippen LogP contribution in [-0.4, -0.2) is 29.6 Å². The smallest absolute Gasteiger partial charge is 0.276 e. The van der Waals surface area contributed by atoms with Crippen LogP contribution in [-0.2, 0) is 11.4 Å². The third kappa shape index (κ3) is 5.28. The van der Waals surface area contributed by atoms with Crippen LogP contribution in [0.3, 0.4) is 0 Å². The van der Waals surface area contributed by atoms with Crippen LogP contribution in [0.2, 0.25) is 5.02 Å². The fourth-order valence-corrected chi connectivity index (χ4v) is 3.36. The van der Waals surface area contributed by atoms with Crippen molar-refractivity contribution >= 4 is 40.9 Å². The van der Waals surface area contributed by atoms with Gasteiger partial charge in [-0.15, -0.1) is 0 Å². The maximum Gasteiger partial charge on any atom is 0.276 e. The number of rotatable bonds is 7. The molecule has 1 saturated heterocycles. The summed E-state index contributed by atoms with van der Waals surface area (Å²) in [5, 5.41) is 4.11. The molecule has 1 aliphatic heterocycles. The van der Waals surface area contributed by atoms with E-state index in [2.05, 4.69) is 5.32 Å². The maximum absolute atomic E-state index is 12.6. The van der Waals surface area contributed by atoms with Gasteiger partial charge in [0.25, 0.3) is 5.91 Å². The summed E-state index contributed by atoms with van der Waals surface area (Å²) in [6.07, 6.45) is 1.79. The fourth-order valence-electron chi connectivity index (χ4n) is 2.96. The van der Waals surface area contributed by atoms with Crippen LogP contribution in [0.25, 0.3) is 6.08 Å². The Kier molecular flexibility index (Phi) is 6.77. The third-order valence-electron chi connectivity index (χ3n) is 4.33. The molecular weight excluding hydrogens is 408 g/mol. The van der Waals surface area contributed by atoms with Crippen LogP contribution >= 0.6 is 23.8 Å². The predicted octanol–water partition coefficient (Wildman–Crippen LogP) is 4.64. The minimum atomic E-state index is -0.113. The summed E-state index contributed by atoms with van der Waals surface area (Å²) in [6.45, 7) is 5.01. The Morgan fingerprint density at radius 1 is 1.21 bits per heavy atom. The lowest BCUT2D eigenvalue weighted by Gasteiger charge is -2.16. The second-order valence-electron chi connectivity index (χ2n) is 7.11. The molecule has 7 heteroatoms. The van der Waals surface area contributed by atoms with Crippen LogP contribution in [0.4, 0.5) is 0 Å². The highest BCUT2D eigenvalue weighted by Gasteiger charge is 2.30. The zero-order chi connectivity index (χ0) is 21.0. The molecule has 152 valence electrons. The first-order valence-corrected chi connectivity index (χ1v) is 10.1. The first-order valence-electron chi connectivity index (χ1n) is 9.27. The molecule has 0 unspecified atom stereocenters. The van der Waals surface area contributed by atoms with Crippen molar-refractivity contribution in [1.82, 2.24) is 10.2 Å². The highest BCUT2D eigenvalue weighted by atomic mass is 35.5. The molecule has 0 aromatic heterocycles. The van der Waals surface area contributed by atoms with Gasteiger partial charge in [0, 0.05) is 17.1 Å². The zero-order valence-corrected chi connectivity index (χ0v) is 18.1. The fraction of sp³-hybridized carbons (Fsp3) is 0.273. The van der Waals surface area contributed by atoms with Crippen LogP contribution < -0.4 is 14.8 Å². The Morgan fingerprint density at radius 2 is 1.93 bits per heavy atom. The van der Waals surface area contributed by atoms with Crippen molar-refractivity contribution in [3.63, 3.8) is 0 Å². The number of carbonyl (C=O) groups is 1. The minimum absolute atomic E-state index is 0.113. The lowest BCUT2D eigenvalue weighted by atomic mass is 10.1. The van der Waals surface area contributed by atoms with Crippen molar-refractivity contribution in [3.8, 4) is 11.5 Å². The molecular formula is C22H23ClN2O3S. The van der Waals surface area contributed by atoms with Gasteiger partial charge < -0.3 is 14.8 Å². The molecule has 3 rings (SSSR count). The first kappa shape index (κ1) is 21.1. The predicted molar refractivity (Wildman–Crippen MR) is 119 cm³/mol. The molecule has 1 amide bonds. The topological polar surface area (TPSA) is 50.8 Å². The second kappa shape index (κ2) is 9.29. The van der Waals surface area contributed by atoms with Crippen molar-refractivity contribution in [2.75, 3.05) is 13.7 Å². The van der Waals surface area contributed by atoms with Crippen molar-refractivity contribution in [2.45, 2.75) is 20.5 Å². The average molecular weight is 431 g/mol. The Hall–Kier alpha value is -2.57. The largest absolute Gasteiger partial charge is 0.496 e. The normalized spacial score (nSPS) is 15.2. The van der Waals surface area contributed by atoms with E-state index in [0.29, 0.717) is 46.4 Å². The number of nitrogens with one attached hydrogen (secondary N) is 1. The molecule has 1 aliphatic rings. The Labute approximate surface area is 181 Å². The molecule has 0 bridgehead atoms. The molecule has 0 saturated carbocycles. The SMILES string of the molecule is COc1ccc(/C=C2/NC(=S)N(CC(C)C)C2=O)cc1COc1ccc(Cl)cc1. The summed E-state index contributed by atoms with van der Waals surface area (Å²) in [6, 6.07) is 12.9. The van der Waals surface area contributed by atoms with Gasteiger partial charge in [-0.05, 0) is 66.2 Å². The molecule has 2 aromatic carbocycles. The van der Waals surface area contributed by atoms with E-state index in [4.69, 9.17) is 33.3 Å². The Balaban J connectivity index is 1.79. The van der Waals surface area contributed by atoms with Gasteiger partial charge in [0.05, 0.1) is 7.11 Å². The number of nitrogens with zero attached hydrogens (tertiary/aromatic N) is 1. The number of benzene rings is 2. The van der Waals surface area contributed by atoms with E-state index in [9.17, 15) is 4.79 Å². The second-order valence-corrected chi connectivity index (χ2v) is 7.93. The molecule has 0 spiro atoms. The number of halogens is 1. The zero-order valence-electron chi connectivity index (χ0n) is 16.6. The molecule has 0 radical (unpaired) electrons. The van der Waals surface area contributed by atoms with Gasteiger partial charge in [-0.1, -0.05) is 31.5 Å². The van der Waals surface area contributed by atoms with Crippen LogP contribution in [0.1, 0.15) is 25.0 Å². The van der Waals surface area contributed by atoms with Gasteiger partial charge in [-0.3, -0.25) is 9.69 Å². The molecule has 2 aromatic rings. The van der Waals surface area contributed by atoms with Gasteiger partial charge in [-0.25, -0.2) is 0 Å². The van der Waals surface area contributed by atoms with E-state index in [0.717, 1.165) is 11.1 Å². The monoisotopic (exact) mass is 430 g/mol. The van der Waals surface area contributed by atoms with E-state index in [-0.39, 0.29) is 5.91 Å². The third-order valence-corrected chi connectivity index (χ3v) is 4.91. The summed E-state index contributed by atoms with van der Waals surface area (Å²) in [5.41, 5.74) is 2.18. The lowest BCUT2D eigenvalue weighted by molar-refractivity contribution is -0.122. The van der Waals surface area contributed by atoms with Gasteiger partial charge in [0.15, 0.2) is 5.11 Å². The lowest BCUT2D eigenvalue weighted by Crippen LogP contribution is -2.33. The molecule has 29 heavy (non-hydrogen) atoms. The van der Waals surface area contributed by atoms with E-state index in [1.807, 2.05) is 44.2 Å². The van der Waals surface area contributed by atoms with Gasteiger partial charge >= 0.3 is 0 Å². The summed E-state index contributed by atoms with van der Waals surface area (Å²) < 4.78 is 11.3. The van der Waals surface area contributed by atoms with Gasteiger partial charge in [-0.2, -0.15) is 0 Å². The number of ether oxygens (including phenoxy) is 2. The maximum atomic E-state index is 12.6. The van der Waals surface area contributed by atoms with Crippen molar-refractivity contribution in [1.29, 1.82) is 0 Å². The van der Waals surface area contributed by atoms with E-state index in [1.165, 1.54) is 0 Å². The highest BCUT2D eigenvalue weighted by molar-refractivity contribution is 7.80. The number of thiocarbonyl (C=S) groups is 1. The molecule has 1 fully saturated rings. The molecule has 0 atom stereocenters. The standard InChI is InChI=1S/C22H23ClN2O3S/c1-14(2)12-25-21(26)19(24-22(25)29)11-15-4-9-20(27-3)16(10-15)13-28-18-7-5-17(23)6-8-18/h4-11,14H,12-13H2,1-3H3,(H,24,29)/b19-11+. The minimum Gasteiger partial charge on any atom is -0.496 e. The molecule has 5 nitrogen and oxygen atoms in total. The van der Waals surface area contributed by atoms with Crippen molar-refractivity contribution in [3.05, 3.63) is 64.3 Å². The molecule has 1 N–H and O–H groups in total. The van der Waals surface area contributed by atoms with Gasteiger partial charge in [0.1, 0.15) is 23.8 Å². The first-order chi connectivity index (χ1) is 13.9. The number of amides is 1. The summed E-state index contributed by atoms with van der Waals surface area (Å²) >= 11 is 11.2. The van der Waals surface area contributed by atoms with Gasteiger partial charge in [0.2, 0.25) is 0 Å². The van der Waals surface area contributed by atoms with E-state index >= 15 is 0 Å². The van der Waals surface area contributed by atoms with Crippen molar-refractivity contribution in [2.24, 2.45) is 5.92 Å². The van der Waals surface area contributed by atoms with Crippen LogP contribution in [0, 0.1) is 5.92 Å². The number of hydrogen-bond donors (Lipinski definition) is 1. The average Bonchev–Trinajstić information content (AvgIpc) is 2.94. The number of carbonyl (C=O) groups excluding carboxylic acids is 1. The number of methoxy groups -OCH3 is 1. The molecule has 1 heterocycles. The molecule has 0 aliphatic carbocycles. The number of hydrogen-bond acceptors (Lipinski definition) is 4. The van der Waals surface area contributed by atoms with E-state index in [1.54, 1.807) is 30.2 Å². The van der Waals surface area contributed by atoms with E-state index < -0.39 is 0 Å². The summed E-state index contributed by atoms with van der Waals surface area (Å²) in [4.78, 5) is 14.2. The van der Waals surface area contributed by atoms with Crippen LogP contribution in [0.5, 0.6) is 11.5 Å². The summed E-state index contributed by atoms with van der Waals surface area (Å²) in [7, 11) is 1.61. The highest BCUT2D eigenvalue weighted by Crippen LogP contribution is 2.25. The summed E-state index contributed by atoms with van der Waals surface area (Å²) in [5.74, 6) is 1.64. The van der Waals surface area contributed by atoms with Crippen LogP contribution in [0.15, 0.2) is 48.2 Å². The van der Waals surface area contributed by atoms with Crippen molar-refractivity contribution < 1.29 is 14.3 Å². The Bertz CT molecular complexity index is 942. The quantitative estimate of drug-likeness (QED) is 0.512.